The number of carbonyl (C=O) groups excluding carboxylic acids is 1. The summed E-state index contributed by atoms with van der Waals surface area (Å²) >= 11 is 6.67. The van der Waals surface area contributed by atoms with E-state index in [0.29, 0.717) is 11.1 Å². The van der Waals surface area contributed by atoms with Crippen LogP contribution in [-0.4, -0.2) is 27.2 Å². The van der Waals surface area contributed by atoms with E-state index in [1.807, 2.05) is 23.7 Å². The van der Waals surface area contributed by atoms with Crippen molar-refractivity contribution in [1.29, 1.82) is 0 Å². The highest BCUT2D eigenvalue weighted by atomic mass is 35.5. The van der Waals surface area contributed by atoms with Crippen LogP contribution in [0, 0.1) is 12.8 Å². The molecule has 1 aliphatic rings. The molecule has 7 heteroatoms. The van der Waals surface area contributed by atoms with Crippen LogP contribution in [0.2, 0.25) is 5.15 Å². The Hall–Kier alpha value is -2.08. The maximum atomic E-state index is 11.4. The first-order valence-electron chi connectivity index (χ1n) is 8.64. The molecule has 1 aliphatic heterocycles. The fourth-order valence-corrected chi connectivity index (χ4v) is 3.84. The molecular weight excluding hydrogens is 338 g/mol. The van der Waals surface area contributed by atoms with Gasteiger partial charge in [-0.1, -0.05) is 31.5 Å². The Morgan fingerprint density at radius 1 is 1.44 bits per heavy atom. The number of halogens is 1. The molecule has 0 aromatic carbocycles. The van der Waals surface area contributed by atoms with E-state index in [1.165, 1.54) is 0 Å². The number of amides is 1. The number of hydrogen-bond donors (Lipinski definition) is 1. The van der Waals surface area contributed by atoms with Gasteiger partial charge in [-0.3, -0.25) is 9.48 Å². The summed E-state index contributed by atoms with van der Waals surface area (Å²) in [7, 11) is 0. The summed E-state index contributed by atoms with van der Waals surface area (Å²) in [4.78, 5) is 18.1. The molecule has 1 amide bonds. The summed E-state index contributed by atoms with van der Waals surface area (Å²) < 4.78 is 1.89. The van der Waals surface area contributed by atoms with Gasteiger partial charge in [-0.2, -0.15) is 5.10 Å². The molecule has 6 nitrogen and oxygen atoms in total. The summed E-state index contributed by atoms with van der Waals surface area (Å²) in [5.41, 5.74) is 7.66. The van der Waals surface area contributed by atoms with Crippen LogP contribution in [-0.2, 0) is 6.54 Å². The molecule has 2 N–H and O–H groups in total. The van der Waals surface area contributed by atoms with Gasteiger partial charge in [0.15, 0.2) is 0 Å². The first-order chi connectivity index (χ1) is 11.9. The van der Waals surface area contributed by atoms with Crippen LogP contribution in [0.5, 0.6) is 0 Å². The number of anilines is 1. The zero-order chi connectivity index (χ0) is 18.1. The summed E-state index contributed by atoms with van der Waals surface area (Å²) in [5, 5.41) is 5.34. The summed E-state index contributed by atoms with van der Waals surface area (Å²) in [6.07, 6.45) is 2.02. The lowest BCUT2D eigenvalue weighted by atomic mass is 10.1. The third kappa shape index (κ3) is 3.49. The lowest BCUT2D eigenvalue weighted by Gasteiger charge is -2.26. The largest absolute Gasteiger partial charge is 0.364 e. The van der Waals surface area contributed by atoms with Crippen LogP contribution in [0.1, 0.15) is 54.5 Å². The topological polar surface area (TPSA) is 77.0 Å². The van der Waals surface area contributed by atoms with Crippen molar-refractivity contribution in [1.82, 2.24) is 14.8 Å². The number of rotatable bonds is 5. The molecule has 3 rings (SSSR count). The third-order valence-electron chi connectivity index (χ3n) is 4.51. The number of pyridine rings is 1. The van der Waals surface area contributed by atoms with Crippen molar-refractivity contribution < 1.29 is 4.79 Å². The molecule has 134 valence electrons. The number of carbonyl (C=O) groups is 1. The second-order valence-electron chi connectivity index (χ2n) is 6.96. The lowest BCUT2D eigenvalue weighted by molar-refractivity contribution is 0.0995. The summed E-state index contributed by atoms with van der Waals surface area (Å²) in [5.74, 6) is 0.709. The number of primary amides is 1. The Kier molecular flexibility index (Phi) is 4.99. The van der Waals surface area contributed by atoms with Gasteiger partial charge in [0.25, 0.3) is 5.91 Å². The predicted octanol–water partition coefficient (Wildman–Crippen LogP) is 3.34. The molecular formula is C18H24ClN5O. The third-order valence-corrected chi connectivity index (χ3v) is 4.91. The zero-order valence-electron chi connectivity index (χ0n) is 14.9. The second kappa shape index (κ2) is 7.04. The minimum atomic E-state index is -0.517. The normalized spacial score (nSPS) is 17.5. The van der Waals surface area contributed by atoms with E-state index < -0.39 is 5.91 Å². The van der Waals surface area contributed by atoms with E-state index in [2.05, 4.69) is 28.8 Å². The van der Waals surface area contributed by atoms with Crippen LogP contribution in [0.4, 0.5) is 5.82 Å². The van der Waals surface area contributed by atoms with E-state index in [0.717, 1.165) is 43.0 Å². The first-order valence-corrected chi connectivity index (χ1v) is 9.02. The van der Waals surface area contributed by atoms with Crippen LogP contribution in [0.25, 0.3) is 0 Å². The molecule has 0 saturated carbocycles. The van der Waals surface area contributed by atoms with Crippen molar-refractivity contribution in [3.8, 4) is 0 Å². The van der Waals surface area contributed by atoms with Gasteiger partial charge in [0.05, 0.1) is 11.7 Å². The maximum absolute atomic E-state index is 11.4. The van der Waals surface area contributed by atoms with Crippen molar-refractivity contribution in [3.63, 3.8) is 0 Å². The number of aryl methyl sites for hydroxylation is 1. The highest BCUT2D eigenvalue weighted by Gasteiger charge is 2.32. The smallest absolute Gasteiger partial charge is 0.267 e. The van der Waals surface area contributed by atoms with Gasteiger partial charge < -0.3 is 10.6 Å². The fraction of sp³-hybridized carbons (Fsp3) is 0.500. The van der Waals surface area contributed by atoms with Crippen molar-refractivity contribution in [2.24, 2.45) is 11.7 Å². The Bertz CT molecular complexity index is 786. The van der Waals surface area contributed by atoms with E-state index in [9.17, 15) is 4.79 Å². The molecule has 1 unspecified atom stereocenters. The molecule has 0 spiro atoms. The fourth-order valence-electron chi connectivity index (χ4n) is 3.47. The van der Waals surface area contributed by atoms with Crippen LogP contribution in [0.15, 0.2) is 18.2 Å². The number of nitrogens with zero attached hydrogens (tertiary/aromatic N) is 4. The SMILES string of the molecule is Cc1nn(CC(C)C)c(Cl)c1C1CCCN1c1cccc(C(N)=O)n1. The van der Waals surface area contributed by atoms with Gasteiger partial charge in [-0.25, -0.2) is 4.98 Å². The quantitative estimate of drug-likeness (QED) is 0.886. The van der Waals surface area contributed by atoms with Gasteiger partial charge in [-0.05, 0) is 37.8 Å². The molecule has 25 heavy (non-hydrogen) atoms. The number of nitrogens with two attached hydrogens (primary N) is 1. The lowest BCUT2D eigenvalue weighted by Crippen LogP contribution is -2.25. The van der Waals surface area contributed by atoms with Crippen LogP contribution < -0.4 is 10.6 Å². The van der Waals surface area contributed by atoms with Crippen molar-refractivity contribution >= 4 is 23.3 Å². The average molecular weight is 362 g/mol. The Labute approximate surface area is 153 Å². The molecule has 0 radical (unpaired) electrons. The monoisotopic (exact) mass is 361 g/mol. The van der Waals surface area contributed by atoms with Crippen molar-refractivity contribution in [3.05, 3.63) is 40.3 Å². The molecule has 1 fully saturated rings. The molecule has 1 atom stereocenters. The zero-order valence-corrected chi connectivity index (χ0v) is 15.6. The van der Waals surface area contributed by atoms with E-state index in [-0.39, 0.29) is 11.7 Å². The standard InChI is InChI=1S/C18H24ClN5O/c1-11(2)10-24-17(19)16(12(3)22-24)14-7-5-9-23(14)15-8-4-6-13(21-15)18(20)25/h4,6,8,11,14H,5,7,9-10H2,1-3H3,(H2,20,25). The number of aromatic nitrogens is 3. The van der Waals surface area contributed by atoms with E-state index in [4.69, 9.17) is 17.3 Å². The van der Waals surface area contributed by atoms with Gasteiger partial charge in [-0.15, -0.1) is 0 Å². The van der Waals surface area contributed by atoms with Crippen LogP contribution in [0.3, 0.4) is 0 Å². The second-order valence-corrected chi connectivity index (χ2v) is 7.32. The van der Waals surface area contributed by atoms with Crippen molar-refractivity contribution in [2.45, 2.75) is 46.2 Å². The molecule has 0 aliphatic carbocycles. The molecule has 1 saturated heterocycles. The predicted molar refractivity (Wildman–Crippen MR) is 98.9 cm³/mol. The molecule has 2 aromatic heterocycles. The van der Waals surface area contributed by atoms with Gasteiger partial charge in [0.1, 0.15) is 16.7 Å². The minimum absolute atomic E-state index is 0.115. The summed E-state index contributed by atoms with van der Waals surface area (Å²) in [6, 6.07) is 5.47. The van der Waals surface area contributed by atoms with Crippen LogP contribution >= 0.6 is 11.6 Å². The average Bonchev–Trinajstić information content (AvgIpc) is 3.12. The van der Waals surface area contributed by atoms with Gasteiger partial charge in [0.2, 0.25) is 0 Å². The maximum Gasteiger partial charge on any atom is 0.267 e. The highest BCUT2D eigenvalue weighted by molar-refractivity contribution is 6.30. The minimum Gasteiger partial charge on any atom is -0.364 e. The van der Waals surface area contributed by atoms with E-state index in [1.54, 1.807) is 6.07 Å². The van der Waals surface area contributed by atoms with Gasteiger partial charge in [0, 0.05) is 18.7 Å². The Morgan fingerprint density at radius 3 is 2.88 bits per heavy atom. The van der Waals surface area contributed by atoms with Gasteiger partial charge >= 0.3 is 0 Å². The van der Waals surface area contributed by atoms with E-state index >= 15 is 0 Å². The van der Waals surface area contributed by atoms with Crippen molar-refractivity contribution in [2.75, 3.05) is 11.4 Å². The molecule has 0 bridgehead atoms. The highest BCUT2D eigenvalue weighted by Crippen LogP contribution is 2.40. The Morgan fingerprint density at radius 2 is 2.20 bits per heavy atom. The Balaban J connectivity index is 1.96. The first kappa shape index (κ1) is 17.7. The molecule has 3 heterocycles. The molecule has 2 aromatic rings. The number of hydrogen-bond acceptors (Lipinski definition) is 4. The summed E-state index contributed by atoms with van der Waals surface area (Å²) in [6.45, 7) is 7.96.